The lowest BCUT2D eigenvalue weighted by molar-refractivity contribution is 0.102. The fourth-order valence-corrected chi connectivity index (χ4v) is 2.53. The summed E-state index contributed by atoms with van der Waals surface area (Å²) in [5.41, 5.74) is 1.70. The average molecular weight is 375 g/mol. The van der Waals surface area contributed by atoms with Gasteiger partial charge in [-0.2, -0.15) is 0 Å². The first kappa shape index (κ1) is 19.1. The van der Waals surface area contributed by atoms with Crippen LogP contribution in [0.5, 0.6) is 5.75 Å². The third kappa shape index (κ3) is 4.94. The Morgan fingerprint density at radius 1 is 0.893 bits per heavy atom. The topological polar surface area (TPSA) is 80.3 Å². The summed E-state index contributed by atoms with van der Waals surface area (Å²) in [5.74, 6) is -0.151. The molecule has 0 bridgehead atoms. The van der Waals surface area contributed by atoms with Crippen LogP contribution in [0.25, 0.3) is 0 Å². The van der Waals surface area contributed by atoms with Gasteiger partial charge in [0.05, 0.1) is 11.8 Å². The highest BCUT2D eigenvalue weighted by atomic mass is 16.5. The van der Waals surface area contributed by atoms with Crippen LogP contribution in [0.15, 0.2) is 72.9 Å². The zero-order chi connectivity index (χ0) is 19.9. The second-order valence-corrected chi connectivity index (χ2v) is 6.37. The molecule has 0 aliphatic rings. The molecule has 0 aliphatic heterocycles. The zero-order valence-electron chi connectivity index (χ0n) is 15.7. The van der Waals surface area contributed by atoms with Gasteiger partial charge in [0.15, 0.2) is 0 Å². The smallest absolute Gasteiger partial charge is 0.274 e. The summed E-state index contributed by atoms with van der Waals surface area (Å²) < 4.78 is 5.72. The third-order valence-electron chi connectivity index (χ3n) is 3.78. The lowest BCUT2D eigenvalue weighted by Crippen LogP contribution is -2.17. The van der Waals surface area contributed by atoms with Gasteiger partial charge in [-0.15, -0.1) is 0 Å². The van der Waals surface area contributed by atoms with Crippen LogP contribution in [-0.4, -0.2) is 22.9 Å². The van der Waals surface area contributed by atoms with Crippen molar-refractivity contribution in [1.82, 2.24) is 4.98 Å². The van der Waals surface area contributed by atoms with Crippen LogP contribution in [0, 0.1) is 0 Å². The number of pyridine rings is 1. The number of para-hydroxylation sites is 3. The fraction of sp³-hybridized carbons (Fsp3) is 0.136. The average Bonchev–Trinajstić information content (AvgIpc) is 2.70. The van der Waals surface area contributed by atoms with E-state index in [2.05, 4.69) is 15.6 Å². The number of carbonyl (C=O) groups excluding carboxylic acids is 2. The van der Waals surface area contributed by atoms with Gasteiger partial charge in [-0.05, 0) is 50.2 Å². The summed E-state index contributed by atoms with van der Waals surface area (Å²) in [6.45, 7) is 3.83. The van der Waals surface area contributed by atoms with E-state index >= 15 is 0 Å². The largest absolute Gasteiger partial charge is 0.489 e. The van der Waals surface area contributed by atoms with Gasteiger partial charge in [0, 0.05) is 17.4 Å². The molecule has 0 atom stereocenters. The maximum atomic E-state index is 12.7. The molecule has 3 aromatic rings. The molecule has 6 heteroatoms. The Labute approximate surface area is 163 Å². The SMILES string of the molecule is CC(C)Oc1ccccc1NC(=O)c1ccnc(C(=O)Nc2ccccc2)c1. The van der Waals surface area contributed by atoms with Crippen LogP contribution in [0.1, 0.15) is 34.7 Å². The summed E-state index contributed by atoms with van der Waals surface area (Å²) in [4.78, 5) is 29.1. The number of anilines is 2. The van der Waals surface area contributed by atoms with Crippen molar-refractivity contribution in [2.75, 3.05) is 10.6 Å². The number of hydrogen-bond donors (Lipinski definition) is 2. The van der Waals surface area contributed by atoms with Gasteiger partial charge in [0.1, 0.15) is 11.4 Å². The van der Waals surface area contributed by atoms with E-state index in [1.807, 2.05) is 44.2 Å². The van der Waals surface area contributed by atoms with Crippen molar-refractivity contribution in [3.63, 3.8) is 0 Å². The van der Waals surface area contributed by atoms with Crippen molar-refractivity contribution in [1.29, 1.82) is 0 Å². The quantitative estimate of drug-likeness (QED) is 0.670. The monoisotopic (exact) mass is 375 g/mol. The van der Waals surface area contributed by atoms with Crippen LogP contribution in [0.4, 0.5) is 11.4 Å². The number of nitrogens with one attached hydrogen (secondary N) is 2. The Morgan fingerprint density at radius 2 is 1.61 bits per heavy atom. The summed E-state index contributed by atoms with van der Waals surface area (Å²) in [6.07, 6.45) is 1.41. The molecule has 3 rings (SSSR count). The molecule has 6 nitrogen and oxygen atoms in total. The van der Waals surface area contributed by atoms with Gasteiger partial charge in [-0.25, -0.2) is 0 Å². The first-order valence-electron chi connectivity index (χ1n) is 8.92. The summed E-state index contributed by atoms with van der Waals surface area (Å²) in [5, 5.41) is 5.58. The predicted octanol–water partition coefficient (Wildman–Crippen LogP) is 4.37. The normalized spacial score (nSPS) is 10.4. The third-order valence-corrected chi connectivity index (χ3v) is 3.78. The summed E-state index contributed by atoms with van der Waals surface area (Å²) in [6, 6.07) is 19.3. The molecule has 142 valence electrons. The molecule has 2 amide bonds. The van der Waals surface area contributed by atoms with Crippen molar-refractivity contribution in [2.45, 2.75) is 20.0 Å². The molecule has 1 aromatic heterocycles. The zero-order valence-corrected chi connectivity index (χ0v) is 15.7. The minimum absolute atomic E-state index is 0.0211. The number of hydrogen-bond acceptors (Lipinski definition) is 4. The molecule has 2 N–H and O–H groups in total. The molecular weight excluding hydrogens is 354 g/mol. The van der Waals surface area contributed by atoms with E-state index in [1.165, 1.54) is 12.3 Å². The van der Waals surface area contributed by atoms with E-state index in [4.69, 9.17) is 4.74 Å². The molecule has 0 fully saturated rings. The van der Waals surface area contributed by atoms with E-state index in [0.717, 1.165) is 0 Å². The van der Waals surface area contributed by atoms with Crippen molar-refractivity contribution < 1.29 is 14.3 Å². The molecule has 0 spiro atoms. The maximum Gasteiger partial charge on any atom is 0.274 e. The van der Waals surface area contributed by atoms with Gasteiger partial charge < -0.3 is 15.4 Å². The van der Waals surface area contributed by atoms with Crippen LogP contribution in [0.2, 0.25) is 0 Å². The Balaban J connectivity index is 1.75. The van der Waals surface area contributed by atoms with Crippen LogP contribution in [-0.2, 0) is 0 Å². The molecule has 0 aliphatic carbocycles. The number of benzene rings is 2. The standard InChI is InChI=1S/C22H21N3O3/c1-15(2)28-20-11-7-6-10-18(20)25-21(26)16-12-13-23-19(14-16)22(27)24-17-8-4-3-5-9-17/h3-15H,1-2H3,(H,24,27)(H,25,26). The molecule has 0 radical (unpaired) electrons. The minimum atomic E-state index is -0.385. The highest BCUT2D eigenvalue weighted by molar-refractivity contribution is 6.08. The molecule has 0 saturated heterocycles. The number of ether oxygens (including phenoxy) is 1. The second kappa shape index (κ2) is 8.81. The predicted molar refractivity (Wildman–Crippen MR) is 109 cm³/mol. The van der Waals surface area contributed by atoms with Gasteiger partial charge in [0.25, 0.3) is 11.8 Å². The Morgan fingerprint density at radius 3 is 2.36 bits per heavy atom. The molecule has 0 unspecified atom stereocenters. The number of rotatable bonds is 6. The number of nitrogens with zero attached hydrogens (tertiary/aromatic N) is 1. The fourth-order valence-electron chi connectivity index (χ4n) is 2.53. The molecule has 0 saturated carbocycles. The number of carbonyl (C=O) groups is 2. The Hall–Kier alpha value is -3.67. The first-order chi connectivity index (χ1) is 13.5. The maximum absolute atomic E-state index is 12.7. The van der Waals surface area contributed by atoms with Crippen molar-refractivity contribution in [3.8, 4) is 5.75 Å². The van der Waals surface area contributed by atoms with Crippen molar-refractivity contribution >= 4 is 23.2 Å². The van der Waals surface area contributed by atoms with E-state index in [1.54, 1.807) is 30.3 Å². The summed E-state index contributed by atoms with van der Waals surface area (Å²) >= 11 is 0. The number of aromatic nitrogens is 1. The van der Waals surface area contributed by atoms with Crippen molar-refractivity contribution in [3.05, 3.63) is 84.2 Å². The second-order valence-electron chi connectivity index (χ2n) is 6.37. The van der Waals surface area contributed by atoms with Gasteiger partial charge in [-0.1, -0.05) is 30.3 Å². The van der Waals surface area contributed by atoms with Gasteiger partial charge in [0.2, 0.25) is 0 Å². The lowest BCUT2D eigenvalue weighted by atomic mass is 10.2. The minimum Gasteiger partial charge on any atom is -0.489 e. The van der Waals surface area contributed by atoms with Gasteiger partial charge >= 0.3 is 0 Å². The van der Waals surface area contributed by atoms with E-state index in [0.29, 0.717) is 22.7 Å². The van der Waals surface area contributed by atoms with Crippen LogP contribution in [0.3, 0.4) is 0 Å². The van der Waals surface area contributed by atoms with Gasteiger partial charge in [-0.3, -0.25) is 14.6 Å². The lowest BCUT2D eigenvalue weighted by Gasteiger charge is -2.15. The first-order valence-corrected chi connectivity index (χ1v) is 8.92. The van der Waals surface area contributed by atoms with Crippen molar-refractivity contribution in [2.24, 2.45) is 0 Å². The highest BCUT2D eigenvalue weighted by Gasteiger charge is 2.14. The van der Waals surface area contributed by atoms with Crippen LogP contribution >= 0.6 is 0 Å². The van der Waals surface area contributed by atoms with E-state index in [9.17, 15) is 9.59 Å². The van der Waals surface area contributed by atoms with E-state index in [-0.39, 0.29) is 23.6 Å². The molecule has 1 heterocycles. The summed E-state index contributed by atoms with van der Waals surface area (Å²) in [7, 11) is 0. The molecule has 2 aromatic carbocycles. The van der Waals surface area contributed by atoms with E-state index < -0.39 is 0 Å². The Bertz CT molecular complexity index is 972. The highest BCUT2D eigenvalue weighted by Crippen LogP contribution is 2.25. The van der Waals surface area contributed by atoms with Crippen LogP contribution < -0.4 is 15.4 Å². The Kier molecular flexibility index (Phi) is 6.01. The molecule has 28 heavy (non-hydrogen) atoms. The molecular formula is C22H21N3O3. The number of amides is 2.